The molecule has 2 fully saturated rings. The van der Waals surface area contributed by atoms with E-state index < -0.39 is 11.9 Å². The SMILES string of the molecule is CCS[C@H]1OC(C)[C@H]2OC(C)(C)O[C@@H]2C1O. The third-order valence-corrected chi connectivity index (χ3v) is 3.97. The molecule has 5 heteroatoms. The molecule has 2 aliphatic rings. The first kappa shape index (κ1) is 12.6. The van der Waals surface area contributed by atoms with Gasteiger partial charge < -0.3 is 19.3 Å². The smallest absolute Gasteiger partial charge is 0.164 e. The summed E-state index contributed by atoms with van der Waals surface area (Å²) in [6, 6.07) is 0. The van der Waals surface area contributed by atoms with E-state index in [4.69, 9.17) is 14.2 Å². The largest absolute Gasteiger partial charge is 0.387 e. The first-order valence-corrected chi connectivity index (χ1v) is 6.80. The molecule has 0 amide bonds. The van der Waals surface area contributed by atoms with Crippen LogP contribution in [0.25, 0.3) is 0 Å². The van der Waals surface area contributed by atoms with Gasteiger partial charge in [-0.3, -0.25) is 0 Å². The maximum absolute atomic E-state index is 10.2. The number of fused-ring (bicyclic) bond motifs is 1. The van der Waals surface area contributed by atoms with Crippen molar-refractivity contribution in [3.05, 3.63) is 0 Å². The van der Waals surface area contributed by atoms with Crippen LogP contribution in [0, 0.1) is 0 Å². The summed E-state index contributed by atoms with van der Waals surface area (Å²) >= 11 is 1.61. The van der Waals surface area contributed by atoms with Crippen LogP contribution in [0.4, 0.5) is 0 Å². The van der Waals surface area contributed by atoms with Crippen LogP contribution in [-0.4, -0.2) is 46.5 Å². The minimum atomic E-state index is -0.625. The molecule has 0 spiro atoms. The molecule has 2 heterocycles. The van der Waals surface area contributed by atoms with Crippen LogP contribution in [0.3, 0.4) is 0 Å². The van der Waals surface area contributed by atoms with Gasteiger partial charge in [0.1, 0.15) is 23.7 Å². The summed E-state index contributed by atoms with van der Waals surface area (Å²) in [4.78, 5) is 0. The molecular formula is C11H20O4S. The number of hydrogen-bond donors (Lipinski definition) is 1. The van der Waals surface area contributed by atoms with Crippen molar-refractivity contribution in [1.82, 2.24) is 0 Å². The predicted octanol–water partition coefficient (Wildman–Crippen LogP) is 1.37. The summed E-state index contributed by atoms with van der Waals surface area (Å²) in [6.07, 6.45) is -1.10. The maximum Gasteiger partial charge on any atom is 0.164 e. The fourth-order valence-corrected chi connectivity index (χ4v) is 3.21. The summed E-state index contributed by atoms with van der Waals surface area (Å²) < 4.78 is 17.2. The highest BCUT2D eigenvalue weighted by Crippen LogP contribution is 2.39. The van der Waals surface area contributed by atoms with Crippen LogP contribution in [0.15, 0.2) is 0 Å². The monoisotopic (exact) mass is 248 g/mol. The van der Waals surface area contributed by atoms with Crippen molar-refractivity contribution in [2.45, 2.75) is 63.3 Å². The average Bonchev–Trinajstić information content (AvgIpc) is 2.51. The summed E-state index contributed by atoms with van der Waals surface area (Å²) in [6.45, 7) is 7.75. The van der Waals surface area contributed by atoms with E-state index in [-0.39, 0.29) is 23.7 Å². The predicted molar refractivity (Wildman–Crippen MR) is 62.3 cm³/mol. The standard InChI is InChI=1S/C11H20O4S/c1-5-16-10-7(12)9-8(6(2)13-10)14-11(3,4)15-9/h6-10,12H,5H2,1-4H3/t6?,7?,8-,9-,10-/m1/s1. The van der Waals surface area contributed by atoms with Gasteiger partial charge in [-0.2, -0.15) is 0 Å². The fourth-order valence-electron chi connectivity index (χ4n) is 2.27. The number of aliphatic hydroxyl groups is 1. The third-order valence-electron chi connectivity index (χ3n) is 2.92. The molecule has 2 rings (SSSR count). The lowest BCUT2D eigenvalue weighted by Crippen LogP contribution is -2.54. The molecule has 0 aromatic rings. The zero-order valence-electron chi connectivity index (χ0n) is 10.2. The number of thioether (sulfide) groups is 1. The summed E-state index contributed by atoms with van der Waals surface area (Å²) in [5.41, 5.74) is -0.209. The van der Waals surface area contributed by atoms with Gasteiger partial charge in [0.15, 0.2) is 5.79 Å². The Bertz CT molecular complexity index is 258. The Hall–Kier alpha value is 0.190. The molecule has 2 saturated heterocycles. The Morgan fingerprint density at radius 2 is 1.88 bits per heavy atom. The molecule has 0 aromatic heterocycles. The van der Waals surface area contributed by atoms with Gasteiger partial charge in [-0.1, -0.05) is 6.92 Å². The number of aliphatic hydroxyl groups excluding tert-OH is 1. The molecule has 4 nitrogen and oxygen atoms in total. The van der Waals surface area contributed by atoms with E-state index in [9.17, 15) is 5.11 Å². The Morgan fingerprint density at radius 3 is 2.50 bits per heavy atom. The zero-order valence-corrected chi connectivity index (χ0v) is 11.0. The lowest BCUT2D eigenvalue weighted by Gasteiger charge is -2.38. The molecule has 2 unspecified atom stereocenters. The summed E-state index contributed by atoms with van der Waals surface area (Å²) in [5.74, 6) is 0.287. The van der Waals surface area contributed by atoms with E-state index in [0.29, 0.717) is 0 Å². The van der Waals surface area contributed by atoms with Gasteiger partial charge in [0, 0.05) is 0 Å². The van der Waals surface area contributed by atoms with Crippen molar-refractivity contribution >= 4 is 11.8 Å². The second-order valence-corrected chi connectivity index (χ2v) is 6.10. The lowest BCUT2D eigenvalue weighted by molar-refractivity contribution is -0.153. The molecule has 94 valence electrons. The van der Waals surface area contributed by atoms with Crippen molar-refractivity contribution in [2.24, 2.45) is 0 Å². The van der Waals surface area contributed by atoms with Gasteiger partial charge in [-0.05, 0) is 26.5 Å². The normalized spacial score (nSPS) is 46.7. The molecular weight excluding hydrogens is 228 g/mol. The first-order chi connectivity index (χ1) is 7.44. The van der Waals surface area contributed by atoms with Crippen LogP contribution in [0.5, 0.6) is 0 Å². The van der Waals surface area contributed by atoms with Gasteiger partial charge in [0.2, 0.25) is 0 Å². The fraction of sp³-hybridized carbons (Fsp3) is 1.00. The molecule has 0 saturated carbocycles. The van der Waals surface area contributed by atoms with Gasteiger partial charge in [0.05, 0.1) is 6.10 Å². The van der Waals surface area contributed by atoms with Crippen molar-refractivity contribution in [1.29, 1.82) is 0 Å². The van der Waals surface area contributed by atoms with Crippen molar-refractivity contribution in [3.63, 3.8) is 0 Å². The molecule has 2 aliphatic heterocycles. The van der Waals surface area contributed by atoms with Crippen LogP contribution < -0.4 is 0 Å². The van der Waals surface area contributed by atoms with E-state index in [1.807, 2.05) is 27.7 Å². The van der Waals surface area contributed by atoms with Crippen molar-refractivity contribution < 1.29 is 19.3 Å². The van der Waals surface area contributed by atoms with Gasteiger partial charge in [-0.25, -0.2) is 0 Å². The first-order valence-electron chi connectivity index (χ1n) is 5.75. The van der Waals surface area contributed by atoms with Gasteiger partial charge in [-0.15, -0.1) is 11.8 Å². The van der Waals surface area contributed by atoms with E-state index in [2.05, 4.69) is 0 Å². The zero-order chi connectivity index (χ0) is 11.9. The number of ether oxygens (including phenoxy) is 3. The molecule has 0 aliphatic carbocycles. The van der Waals surface area contributed by atoms with E-state index in [1.54, 1.807) is 11.8 Å². The van der Waals surface area contributed by atoms with Gasteiger partial charge >= 0.3 is 0 Å². The Morgan fingerprint density at radius 1 is 1.25 bits per heavy atom. The molecule has 5 atom stereocenters. The van der Waals surface area contributed by atoms with E-state index in [1.165, 1.54) is 0 Å². The highest BCUT2D eigenvalue weighted by Gasteiger charge is 2.53. The molecule has 0 radical (unpaired) electrons. The average molecular weight is 248 g/mol. The van der Waals surface area contributed by atoms with Crippen LogP contribution in [0.1, 0.15) is 27.7 Å². The second kappa shape index (κ2) is 4.46. The summed E-state index contributed by atoms with van der Waals surface area (Å²) in [7, 11) is 0. The molecule has 1 N–H and O–H groups in total. The topological polar surface area (TPSA) is 47.9 Å². The Labute approximate surface area is 101 Å². The van der Waals surface area contributed by atoms with Crippen LogP contribution >= 0.6 is 11.8 Å². The molecule has 0 aromatic carbocycles. The Kier molecular flexibility index (Phi) is 3.52. The van der Waals surface area contributed by atoms with E-state index in [0.717, 1.165) is 5.75 Å². The minimum Gasteiger partial charge on any atom is -0.387 e. The molecule has 16 heavy (non-hydrogen) atoms. The van der Waals surface area contributed by atoms with E-state index >= 15 is 0 Å². The lowest BCUT2D eigenvalue weighted by atomic mass is 10.0. The van der Waals surface area contributed by atoms with Crippen LogP contribution in [0.2, 0.25) is 0 Å². The highest BCUT2D eigenvalue weighted by molar-refractivity contribution is 7.99. The minimum absolute atomic E-state index is 0.0424. The second-order valence-electron chi connectivity index (χ2n) is 4.72. The van der Waals surface area contributed by atoms with Crippen molar-refractivity contribution in [2.75, 3.05) is 5.75 Å². The maximum atomic E-state index is 10.2. The molecule has 0 bridgehead atoms. The van der Waals surface area contributed by atoms with Gasteiger partial charge in [0.25, 0.3) is 0 Å². The third kappa shape index (κ3) is 2.24. The summed E-state index contributed by atoms with van der Waals surface area (Å²) in [5, 5.41) is 10.2. The number of rotatable bonds is 2. The van der Waals surface area contributed by atoms with Crippen LogP contribution in [-0.2, 0) is 14.2 Å². The highest BCUT2D eigenvalue weighted by atomic mass is 32.2. The quantitative estimate of drug-likeness (QED) is 0.799. The number of hydrogen-bond acceptors (Lipinski definition) is 5. The van der Waals surface area contributed by atoms with Crippen molar-refractivity contribution in [3.8, 4) is 0 Å². The Balaban J connectivity index is 2.11.